The van der Waals surface area contributed by atoms with Gasteiger partial charge in [0.05, 0.1) is 11.9 Å². The van der Waals surface area contributed by atoms with Gasteiger partial charge in [-0.25, -0.2) is 4.98 Å². The summed E-state index contributed by atoms with van der Waals surface area (Å²) in [7, 11) is 0. The Bertz CT molecular complexity index is 855. The van der Waals surface area contributed by atoms with Gasteiger partial charge in [-0.2, -0.15) is 5.10 Å². The van der Waals surface area contributed by atoms with Crippen molar-refractivity contribution in [1.29, 1.82) is 0 Å². The standard InChI is InChI=1S/C18H17N3OS/c1-12-6-7-16(13(2)8-12)17-11-23-18(20-17)21-19-10-14-4-3-5-15(22)9-14/h3-11,22H,1-2H3,(H,20,21)/b19-10-. The third-order valence-electron chi connectivity index (χ3n) is 3.41. The lowest BCUT2D eigenvalue weighted by Crippen LogP contribution is -1.90. The molecule has 3 aromatic rings. The molecular weight excluding hydrogens is 306 g/mol. The van der Waals surface area contributed by atoms with Crippen molar-refractivity contribution in [2.24, 2.45) is 5.10 Å². The molecule has 0 amide bonds. The number of rotatable bonds is 4. The van der Waals surface area contributed by atoms with E-state index in [9.17, 15) is 5.11 Å². The van der Waals surface area contributed by atoms with E-state index in [4.69, 9.17) is 0 Å². The largest absolute Gasteiger partial charge is 0.508 e. The number of aromatic nitrogens is 1. The number of phenols is 1. The Morgan fingerprint density at radius 3 is 2.83 bits per heavy atom. The van der Waals surface area contributed by atoms with Crippen molar-refractivity contribution >= 4 is 22.7 Å². The van der Waals surface area contributed by atoms with Crippen molar-refractivity contribution < 1.29 is 5.11 Å². The molecule has 4 nitrogen and oxygen atoms in total. The second kappa shape index (κ2) is 6.62. The van der Waals surface area contributed by atoms with Crippen LogP contribution in [0.4, 0.5) is 5.13 Å². The summed E-state index contributed by atoms with van der Waals surface area (Å²) < 4.78 is 0. The smallest absolute Gasteiger partial charge is 0.203 e. The van der Waals surface area contributed by atoms with Gasteiger partial charge in [-0.3, -0.25) is 5.43 Å². The second-order valence-electron chi connectivity index (χ2n) is 5.32. The molecule has 0 aliphatic carbocycles. The van der Waals surface area contributed by atoms with E-state index in [0.717, 1.165) is 22.0 Å². The third-order valence-corrected chi connectivity index (χ3v) is 4.15. The maximum absolute atomic E-state index is 9.41. The minimum atomic E-state index is 0.223. The van der Waals surface area contributed by atoms with Gasteiger partial charge < -0.3 is 5.11 Å². The molecule has 5 heteroatoms. The molecule has 0 saturated heterocycles. The Balaban J connectivity index is 1.72. The van der Waals surface area contributed by atoms with Crippen molar-refractivity contribution in [3.63, 3.8) is 0 Å². The summed E-state index contributed by atoms with van der Waals surface area (Å²) in [6.07, 6.45) is 1.65. The van der Waals surface area contributed by atoms with Crippen LogP contribution >= 0.6 is 11.3 Å². The van der Waals surface area contributed by atoms with E-state index >= 15 is 0 Å². The van der Waals surface area contributed by atoms with Crippen molar-refractivity contribution in [3.8, 4) is 17.0 Å². The molecule has 0 radical (unpaired) electrons. The molecular formula is C18H17N3OS. The molecule has 1 aromatic heterocycles. The van der Waals surface area contributed by atoms with Crippen LogP contribution in [0.1, 0.15) is 16.7 Å². The first kappa shape index (κ1) is 15.2. The van der Waals surface area contributed by atoms with Gasteiger partial charge in [-0.1, -0.05) is 35.9 Å². The summed E-state index contributed by atoms with van der Waals surface area (Å²) in [5.74, 6) is 0.223. The summed E-state index contributed by atoms with van der Waals surface area (Å²) >= 11 is 1.51. The molecule has 0 bridgehead atoms. The predicted molar refractivity (Wildman–Crippen MR) is 96.3 cm³/mol. The summed E-state index contributed by atoms with van der Waals surface area (Å²) in [5, 5.41) is 16.3. The first-order valence-electron chi connectivity index (χ1n) is 7.23. The van der Waals surface area contributed by atoms with Gasteiger partial charge >= 0.3 is 0 Å². The Morgan fingerprint density at radius 2 is 2.04 bits per heavy atom. The zero-order valence-corrected chi connectivity index (χ0v) is 13.8. The minimum Gasteiger partial charge on any atom is -0.508 e. The van der Waals surface area contributed by atoms with E-state index in [2.05, 4.69) is 47.6 Å². The quantitative estimate of drug-likeness (QED) is 0.546. The lowest BCUT2D eigenvalue weighted by Gasteiger charge is -2.03. The van der Waals surface area contributed by atoms with Gasteiger partial charge in [0, 0.05) is 10.9 Å². The van der Waals surface area contributed by atoms with Crippen molar-refractivity contribution in [3.05, 3.63) is 64.5 Å². The van der Waals surface area contributed by atoms with Gasteiger partial charge in [-0.15, -0.1) is 11.3 Å². The van der Waals surface area contributed by atoms with E-state index in [0.29, 0.717) is 0 Å². The van der Waals surface area contributed by atoms with E-state index < -0.39 is 0 Å². The Kier molecular flexibility index (Phi) is 4.39. The zero-order chi connectivity index (χ0) is 16.2. The number of hydrazone groups is 1. The first-order chi connectivity index (χ1) is 11.1. The maximum Gasteiger partial charge on any atom is 0.203 e. The molecule has 0 fully saturated rings. The van der Waals surface area contributed by atoms with Crippen molar-refractivity contribution in [2.75, 3.05) is 5.43 Å². The summed E-state index contributed by atoms with van der Waals surface area (Å²) in [6.45, 7) is 4.18. The minimum absolute atomic E-state index is 0.223. The fraction of sp³-hybridized carbons (Fsp3) is 0.111. The lowest BCUT2D eigenvalue weighted by molar-refractivity contribution is 0.475. The van der Waals surface area contributed by atoms with Gasteiger partial charge in [-0.05, 0) is 37.1 Å². The number of phenolic OH excluding ortho intramolecular Hbond substituents is 1. The summed E-state index contributed by atoms with van der Waals surface area (Å²) in [5.41, 5.74) is 8.29. The number of aromatic hydroxyl groups is 1. The first-order valence-corrected chi connectivity index (χ1v) is 8.11. The number of thiazole rings is 1. The topological polar surface area (TPSA) is 57.5 Å². The highest BCUT2D eigenvalue weighted by molar-refractivity contribution is 7.14. The van der Waals surface area contributed by atoms with Gasteiger partial charge in [0.15, 0.2) is 0 Å². The normalized spacial score (nSPS) is 11.0. The molecule has 0 atom stereocenters. The van der Waals surface area contributed by atoms with Gasteiger partial charge in [0.25, 0.3) is 0 Å². The molecule has 116 valence electrons. The molecule has 1 heterocycles. The summed E-state index contributed by atoms with van der Waals surface area (Å²) in [4.78, 5) is 4.56. The number of hydrogen-bond donors (Lipinski definition) is 2. The van der Waals surface area contributed by atoms with E-state index in [-0.39, 0.29) is 5.75 Å². The number of nitrogens with one attached hydrogen (secondary N) is 1. The Labute approximate surface area is 139 Å². The highest BCUT2D eigenvalue weighted by Gasteiger charge is 2.06. The van der Waals surface area contributed by atoms with Crippen LogP contribution in [0.15, 0.2) is 52.9 Å². The van der Waals surface area contributed by atoms with Crippen LogP contribution in [0.25, 0.3) is 11.3 Å². The molecule has 0 aliphatic heterocycles. The molecule has 2 aromatic carbocycles. The van der Waals surface area contributed by atoms with Gasteiger partial charge in [0.1, 0.15) is 5.75 Å². The maximum atomic E-state index is 9.41. The Hall–Kier alpha value is -2.66. The van der Waals surface area contributed by atoms with Crippen LogP contribution in [0, 0.1) is 13.8 Å². The van der Waals surface area contributed by atoms with Crippen LogP contribution in [0.3, 0.4) is 0 Å². The number of nitrogens with zero attached hydrogens (tertiary/aromatic N) is 2. The highest BCUT2D eigenvalue weighted by Crippen LogP contribution is 2.27. The molecule has 0 saturated carbocycles. The third kappa shape index (κ3) is 3.76. The zero-order valence-electron chi connectivity index (χ0n) is 12.9. The van der Waals surface area contributed by atoms with Crippen molar-refractivity contribution in [2.45, 2.75) is 13.8 Å². The SMILES string of the molecule is Cc1ccc(-c2csc(N/N=C\c3cccc(O)c3)n2)c(C)c1. The number of benzene rings is 2. The number of hydrogen-bond acceptors (Lipinski definition) is 5. The van der Waals surface area contributed by atoms with Crippen LogP contribution < -0.4 is 5.43 Å². The lowest BCUT2D eigenvalue weighted by atomic mass is 10.0. The fourth-order valence-electron chi connectivity index (χ4n) is 2.32. The fourth-order valence-corrected chi connectivity index (χ4v) is 2.98. The van der Waals surface area contributed by atoms with E-state index in [1.807, 2.05) is 11.4 Å². The second-order valence-corrected chi connectivity index (χ2v) is 6.18. The predicted octanol–water partition coefficient (Wildman–Crippen LogP) is 4.58. The van der Waals surface area contributed by atoms with Gasteiger partial charge in [0.2, 0.25) is 5.13 Å². The molecule has 0 unspecified atom stereocenters. The highest BCUT2D eigenvalue weighted by atomic mass is 32.1. The van der Waals surface area contributed by atoms with Crippen LogP contribution in [0.2, 0.25) is 0 Å². The van der Waals surface area contributed by atoms with E-state index in [1.165, 1.54) is 22.5 Å². The van der Waals surface area contributed by atoms with Crippen LogP contribution in [0.5, 0.6) is 5.75 Å². The van der Waals surface area contributed by atoms with E-state index in [1.54, 1.807) is 24.4 Å². The van der Waals surface area contributed by atoms with Crippen molar-refractivity contribution in [1.82, 2.24) is 4.98 Å². The monoisotopic (exact) mass is 323 g/mol. The average molecular weight is 323 g/mol. The molecule has 0 aliphatic rings. The number of aryl methyl sites for hydroxylation is 2. The van der Waals surface area contributed by atoms with Crippen LogP contribution in [-0.2, 0) is 0 Å². The molecule has 3 rings (SSSR count). The Morgan fingerprint density at radius 1 is 1.17 bits per heavy atom. The average Bonchev–Trinajstić information content (AvgIpc) is 2.96. The number of anilines is 1. The molecule has 0 spiro atoms. The van der Waals surface area contributed by atoms with Crippen LogP contribution in [-0.4, -0.2) is 16.3 Å². The molecule has 23 heavy (non-hydrogen) atoms. The summed E-state index contributed by atoms with van der Waals surface area (Å²) in [6, 6.07) is 13.3. The molecule has 2 N–H and O–H groups in total.